The van der Waals surface area contributed by atoms with Crippen LogP contribution in [0.3, 0.4) is 0 Å². The molecule has 1 aromatic carbocycles. The first-order valence-electron chi connectivity index (χ1n) is 7.60. The van der Waals surface area contributed by atoms with Crippen LogP contribution in [0.4, 0.5) is 0 Å². The Morgan fingerprint density at radius 3 is 2.61 bits per heavy atom. The maximum absolute atomic E-state index is 11.9. The van der Waals surface area contributed by atoms with Crippen LogP contribution >= 0.6 is 0 Å². The lowest BCUT2D eigenvalue weighted by molar-refractivity contribution is -0.116. The first-order valence-corrected chi connectivity index (χ1v) is 7.60. The smallest absolute Gasteiger partial charge is 0.251 e. The number of nitrogens with one attached hydrogen (secondary N) is 2. The predicted molar refractivity (Wildman–Crippen MR) is 86.5 cm³/mol. The van der Waals surface area contributed by atoms with Gasteiger partial charge in [0.2, 0.25) is 5.91 Å². The molecule has 3 rings (SSSR count). The summed E-state index contributed by atoms with van der Waals surface area (Å²) in [5, 5.41) is 5.67. The summed E-state index contributed by atoms with van der Waals surface area (Å²) >= 11 is 0. The van der Waals surface area contributed by atoms with Crippen molar-refractivity contribution in [3.63, 3.8) is 0 Å². The number of furan rings is 1. The van der Waals surface area contributed by atoms with Gasteiger partial charge in [0.05, 0.1) is 12.8 Å². The lowest BCUT2D eigenvalue weighted by Crippen LogP contribution is -2.25. The number of benzene rings is 1. The molecule has 2 aromatic rings. The third-order valence-corrected chi connectivity index (χ3v) is 3.53. The Bertz CT molecular complexity index is 698. The average molecular weight is 310 g/mol. The molecule has 0 spiro atoms. The van der Waals surface area contributed by atoms with Gasteiger partial charge >= 0.3 is 0 Å². The van der Waals surface area contributed by atoms with Crippen molar-refractivity contribution >= 4 is 17.9 Å². The Morgan fingerprint density at radius 1 is 1.17 bits per heavy atom. The van der Waals surface area contributed by atoms with Crippen molar-refractivity contribution in [1.82, 2.24) is 10.6 Å². The van der Waals surface area contributed by atoms with E-state index in [0.29, 0.717) is 23.9 Å². The molecule has 0 bridgehead atoms. The minimum atomic E-state index is -0.197. The lowest BCUT2D eigenvalue weighted by Gasteiger charge is -2.03. The highest BCUT2D eigenvalue weighted by molar-refractivity contribution is 5.95. The van der Waals surface area contributed by atoms with Crippen LogP contribution in [0.2, 0.25) is 0 Å². The quantitative estimate of drug-likeness (QED) is 0.805. The van der Waals surface area contributed by atoms with Gasteiger partial charge in [-0.15, -0.1) is 0 Å². The molecule has 23 heavy (non-hydrogen) atoms. The second-order valence-corrected chi connectivity index (χ2v) is 5.50. The molecule has 1 heterocycles. The minimum Gasteiger partial charge on any atom is -0.467 e. The van der Waals surface area contributed by atoms with E-state index in [1.165, 1.54) is 6.08 Å². The summed E-state index contributed by atoms with van der Waals surface area (Å²) in [5.74, 6) is 0.467. The Labute approximate surface area is 134 Å². The number of carbonyl (C=O) groups excluding carboxylic acids is 2. The van der Waals surface area contributed by atoms with E-state index in [2.05, 4.69) is 10.6 Å². The second kappa shape index (κ2) is 6.96. The molecular weight excluding hydrogens is 292 g/mol. The third kappa shape index (κ3) is 4.57. The van der Waals surface area contributed by atoms with Gasteiger partial charge in [-0.2, -0.15) is 0 Å². The van der Waals surface area contributed by atoms with Crippen molar-refractivity contribution in [3.05, 3.63) is 65.6 Å². The van der Waals surface area contributed by atoms with Gasteiger partial charge in [0, 0.05) is 17.7 Å². The van der Waals surface area contributed by atoms with Crippen LogP contribution in [-0.2, 0) is 11.3 Å². The topological polar surface area (TPSA) is 71.3 Å². The van der Waals surface area contributed by atoms with Crippen LogP contribution < -0.4 is 10.6 Å². The van der Waals surface area contributed by atoms with E-state index in [0.717, 1.165) is 18.4 Å². The lowest BCUT2D eigenvalue weighted by atomic mass is 10.1. The van der Waals surface area contributed by atoms with Gasteiger partial charge in [0.1, 0.15) is 5.76 Å². The molecule has 0 atom stereocenters. The van der Waals surface area contributed by atoms with Crippen LogP contribution in [0.15, 0.2) is 53.2 Å². The van der Waals surface area contributed by atoms with Crippen molar-refractivity contribution in [3.8, 4) is 0 Å². The molecule has 0 radical (unpaired) electrons. The summed E-state index contributed by atoms with van der Waals surface area (Å²) < 4.78 is 5.14. The first kappa shape index (κ1) is 15.1. The molecule has 1 fully saturated rings. The summed E-state index contributed by atoms with van der Waals surface area (Å²) in [7, 11) is 0. The van der Waals surface area contributed by atoms with E-state index in [4.69, 9.17) is 4.42 Å². The normalized spacial score (nSPS) is 13.9. The summed E-state index contributed by atoms with van der Waals surface area (Å²) in [6.45, 7) is 0.358. The highest BCUT2D eigenvalue weighted by Crippen LogP contribution is 2.19. The van der Waals surface area contributed by atoms with Gasteiger partial charge in [-0.3, -0.25) is 9.59 Å². The molecule has 2 amide bonds. The largest absolute Gasteiger partial charge is 0.467 e. The third-order valence-electron chi connectivity index (χ3n) is 3.53. The summed E-state index contributed by atoms with van der Waals surface area (Å²) in [6.07, 6.45) is 6.87. The SMILES string of the molecule is O=C(/C=C/c1ccc(C(=O)NC2CC2)cc1)NCc1ccco1. The number of amides is 2. The Balaban J connectivity index is 1.50. The standard InChI is InChI=1S/C18H18N2O3/c21-17(19-12-16-2-1-11-23-16)10-5-13-3-6-14(7-4-13)18(22)20-15-8-9-15/h1-7,10-11,15H,8-9,12H2,(H,19,21)(H,20,22)/b10-5+. The van der Waals surface area contributed by atoms with Crippen molar-refractivity contribution < 1.29 is 14.0 Å². The highest BCUT2D eigenvalue weighted by Gasteiger charge is 2.23. The molecule has 5 nitrogen and oxygen atoms in total. The fraction of sp³-hybridized carbons (Fsp3) is 0.222. The Hall–Kier alpha value is -2.82. The van der Waals surface area contributed by atoms with Gasteiger partial charge in [0.25, 0.3) is 5.91 Å². The monoisotopic (exact) mass is 310 g/mol. The molecular formula is C18H18N2O3. The average Bonchev–Trinajstić information content (AvgIpc) is 3.22. The molecule has 5 heteroatoms. The molecule has 0 saturated heterocycles. The number of rotatable bonds is 6. The fourth-order valence-electron chi connectivity index (χ4n) is 2.06. The predicted octanol–water partition coefficient (Wildman–Crippen LogP) is 2.50. The van der Waals surface area contributed by atoms with Crippen molar-refractivity contribution in [2.75, 3.05) is 0 Å². The fourth-order valence-corrected chi connectivity index (χ4v) is 2.06. The summed E-state index contributed by atoms with van der Waals surface area (Å²) in [6, 6.07) is 11.1. The van der Waals surface area contributed by atoms with E-state index < -0.39 is 0 Å². The van der Waals surface area contributed by atoms with Crippen molar-refractivity contribution in [2.45, 2.75) is 25.4 Å². The van der Waals surface area contributed by atoms with Crippen LogP contribution in [0.1, 0.15) is 34.5 Å². The van der Waals surface area contributed by atoms with Gasteiger partial charge in [-0.05, 0) is 48.7 Å². The summed E-state index contributed by atoms with van der Waals surface area (Å²) in [5.41, 5.74) is 1.50. The zero-order valence-corrected chi connectivity index (χ0v) is 12.6. The van der Waals surface area contributed by atoms with Gasteiger partial charge in [-0.1, -0.05) is 12.1 Å². The molecule has 0 unspecified atom stereocenters. The molecule has 1 saturated carbocycles. The van der Waals surface area contributed by atoms with Crippen LogP contribution in [0, 0.1) is 0 Å². The van der Waals surface area contributed by atoms with Crippen LogP contribution in [0.25, 0.3) is 6.08 Å². The Kier molecular flexibility index (Phi) is 4.57. The zero-order valence-electron chi connectivity index (χ0n) is 12.6. The number of hydrogen-bond donors (Lipinski definition) is 2. The van der Waals surface area contributed by atoms with E-state index in [-0.39, 0.29) is 11.8 Å². The van der Waals surface area contributed by atoms with Crippen LogP contribution in [0.5, 0.6) is 0 Å². The molecule has 118 valence electrons. The van der Waals surface area contributed by atoms with Gasteiger partial charge < -0.3 is 15.1 Å². The first-order chi connectivity index (χ1) is 11.2. The van der Waals surface area contributed by atoms with Gasteiger partial charge in [0.15, 0.2) is 0 Å². The number of hydrogen-bond acceptors (Lipinski definition) is 3. The van der Waals surface area contributed by atoms with E-state index in [1.807, 2.05) is 12.1 Å². The maximum Gasteiger partial charge on any atom is 0.251 e. The molecule has 1 aromatic heterocycles. The van der Waals surface area contributed by atoms with Crippen molar-refractivity contribution in [2.24, 2.45) is 0 Å². The molecule has 0 aliphatic heterocycles. The molecule has 1 aliphatic carbocycles. The van der Waals surface area contributed by atoms with Crippen LogP contribution in [-0.4, -0.2) is 17.9 Å². The van der Waals surface area contributed by atoms with E-state index in [9.17, 15) is 9.59 Å². The Morgan fingerprint density at radius 2 is 1.96 bits per heavy atom. The number of carbonyl (C=O) groups is 2. The van der Waals surface area contributed by atoms with E-state index >= 15 is 0 Å². The highest BCUT2D eigenvalue weighted by atomic mass is 16.3. The summed E-state index contributed by atoms with van der Waals surface area (Å²) in [4.78, 5) is 23.6. The maximum atomic E-state index is 11.9. The molecule has 2 N–H and O–H groups in total. The van der Waals surface area contributed by atoms with Gasteiger partial charge in [-0.25, -0.2) is 0 Å². The molecule has 1 aliphatic rings. The minimum absolute atomic E-state index is 0.0424. The van der Waals surface area contributed by atoms with Crippen molar-refractivity contribution in [1.29, 1.82) is 0 Å². The zero-order chi connectivity index (χ0) is 16.1. The van der Waals surface area contributed by atoms with E-state index in [1.54, 1.807) is 36.6 Å². The second-order valence-electron chi connectivity index (χ2n) is 5.50.